The molecule has 0 amide bonds. The van der Waals surface area contributed by atoms with Crippen molar-refractivity contribution < 1.29 is 9.90 Å². The zero-order valence-electron chi connectivity index (χ0n) is 6.96. The number of hydrogen-bond donors (Lipinski definition) is 2. The Bertz CT molecular complexity index is 346. The van der Waals surface area contributed by atoms with Gasteiger partial charge in [0.1, 0.15) is 6.54 Å². The molecule has 0 atom stereocenters. The summed E-state index contributed by atoms with van der Waals surface area (Å²) in [4.78, 5) is 10.9. The maximum Gasteiger partial charge on any atom is 0.318 e. The first-order valence-electron chi connectivity index (χ1n) is 3.66. The molecule has 0 radical (unpaired) electrons. The van der Waals surface area contributed by atoms with E-state index in [4.69, 9.17) is 28.3 Å². The van der Waals surface area contributed by atoms with Gasteiger partial charge in [0.15, 0.2) is 0 Å². The lowest BCUT2D eigenvalue weighted by Crippen LogP contribution is -2.15. The molecule has 0 bridgehead atoms. The van der Waals surface area contributed by atoms with Gasteiger partial charge in [-0.1, -0.05) is 23.2 Å². The van der Waals surface area contributed by atoms with Gasteiger partial charge in [-0.15, -0.1) is 0 Å². The molecule has 0 saturated carbocycles. The average molecular weight is 252 g/mol. The average Bonchev–Trinajstić information content (AvgIpc) is 2.08. The quantitative estimate of drug-likeness (QED) is 0.809. The van der Waals surface area contributed by atoms with E-state index < -0.39 is 5.97 Å². The number of carbonyl (C=O) groups is 1. The predicted octanol–water partition coefficient (Wildman–Crippen LogP) is 2.67. The van der Waals surface area contributed by atoms with Crippen molar-refractivity contribution in [2.24, 2.45) is 0 Å². The molecule has 14 heavy (non-hydrogen) atoms. The van der Waals surface area contributed by atoms with Crippen LogP contribution in [0.5, 0.6) is 0 Å². The lowest BCUT2D eigenvalue weighted by Gasteiger charge is -2.03. The summed E-state index contributed by atoms with van der Waals surface area (Å²) in [6.45, 7) is -0.121. The van der Waals surface area contributed by atoms with E-state index in [0.717, 1.165) is 16.8 Å². The molecule has 3 nitrogen and oxygen atoms in total. The highest BCUT2D eigenvalue weighted by Crippen LogP contribution is 2.27. The summed E-state index contributed by atoms with van der Waals surface area (Å²) >= 11 is 12.7. The first-order chi connectivity index (χ1) is 6.59. The second-order valence-corrected chi connectivity index (χ2v) is 4.17. The van der Waals surface area contributed by atoms with Crippen LogP contribution in [-0.4, -0.2) is 17.6 Å². The third kappa shape index (κ3) is 3.75. The molecule has 0 heterocycles. The van der Waals surface area contributed by atoms with E-state index in [1.165, 1.54) is 0 Å². The van der Waals surface area contributed by atoms with Crippen LogP contribution < -0.4 is 4.72 Å². The van der Waals surface area contributed by atoms with Crippen LogP contribution in [0.4, 0.5) is 0 Å². The molecule has 0 unspecified atom stereocenters. The molecule has 76 valence electrons. The van der Waals surface area contributed by atoms with Gasteiger partial charge in [0.25, 0.3) is 0 Å². The van der Waals surface area contributed by atoms with Crippen LogP contribution in [0.25, 0.3) is 0 Å². The third-order valence-electron chi connectivity index (χ3n) is 1.30. The number of aliphatic carboxylic acids is 1. The van der Waals surface area contributed by atoms with E-state index in [2.05, 4.69) is 4.72 Å². The first kappa shape index (κ1) is 11.7. The summed E-state index contributed by atoms with van der Waals surface area (Å²) in [5, 5.41) is 9.43. The second kappa shape index (κ2) is 5.46. The molecule has 0 fully saturated rings. The fraction of sp³-hybridized carbons (Fsp3) is 0.125. The molecule has 1 aromatic rings. The van der Waals surface area contributed by atoms with Crippen LogP contribution in [0, 0.1) is 0 Å². The Balaban J connectivity index is 2.55. The van der Waals surface area contributed by atoms with Crippen molar-refractivity contribution in [3.8, 4) is 0 Å². The number of hydrogen-bond acceptors (Lipinski definition) is 3. The summed E-state index contributed by atoms with van der Waals surface area (Å²) in [5.74, 6) is -0.914. The highest BCUT2D eigenvalue weighted by atomic mass is 35.5. The van der Waals surface area contributed by atoms with Gasteiger partial charge in [-0.3, -0.25) is 4.79 Å². The van der Waals surface area contributed by atoms with Gasteiger partial charge in [0, 0.05) is 9.92 Å². The molecule has 0 aliphatic rings. The van der Waals surface area contributed by atoms with Crippen molar-refractivity contribution in [2.45, 2.75) is 4.90 Å². The number of carboxylic acids is 1. The largest absolute Gasteiger partial charge is 0.480 e. The fourth-order valence-corrected chi connectivity index (χ4v) is 1.90. The summed E-state index contributed by atoms with van der Waals surface area (Å²) < 4.78 is 2.65. The van der Waals surface area contributed by atoms with Crippen LogP contribution in [0.15, 0.2) is 23.1 Å². The molecule has 2 N–H and O–H groups in total. The molecule has 1 aromatic carbocycles. The van der Waals surface area contributed by atoms with Gasteiger partial charge in [-0.05, 0) is 30.1 Å². The number of carboxylic acid groups (broad SMARTS) is 1. The lowest BCUT2D eigenvalue weighted by molar-refractivity contribution is -0.135. The zero-order valence-corrected chi connectivity index (χ0v) is 9.29. The minimum atomic E-state index is -0.914. The second-order valence-electron chi connectivity index (χ2n) is 2.39. The van der Waals surface area contributed by atoms with Gasteiger partial charge in [0.2, 0.25) is 0 Å². The van der Waals surface area contributed by atoms with Crippen LogP contribution in [-0.2, 0) is 4.79 Å². The Kier molecular flexibility index (Phi) is 4.54. The Morgan fingerprint density at radius 2 is 2.21 bits per heavy atom. The van der Waals surface area contributed by atoms with Crippen molar-refractivity contribution in [1.29, 1.82) is 0 Å². The predicted molar refractivity (Wildman–Crippen MR) is 58.0 cm³/mol. The Labute approximate surface area is 95.5 Å². The Morgan fingerprint density at radius 1 is 1.50 bits per heavy atom. The van der Waals surface area contributed by atoms with Crippen LogP contribution in [0.3, 0.4) is 0 Å². The summed E-state index contributed by atoms with van der Waals surface area (Å²) in [6.07, 6.45) is 0. The van der Waals surface area contributed by atoms with Crippen LogP contribution in [0.2, 0.25) is 10.0 Å². The van der Waals surface area contributed by atoms with Gasteiger partial charge in [0.05, 0.1) is 5.02 Å². The molecule has 0 spiro atoms. The van der Waals surface area contributed by atoms with Crippen molar-refractivity contribution in [3.63, 3.8) is 0 Å². The van der Waals surface area contributed by atoms with Gasteiger partial charge < -0.3 is 5.11 Å². The van der Waals surface area contributed by atoms with Crippen molar-refractivity contribution >= 4 is 41.1 Å². The van der Waals surface area contributed by atoms with Gasteiger partial charge >= 0.3 is 5.97 Å². The zero-order chi connectivity index (χ0) is 10.6. The molecule has 0 aliphatic heterocycles. The van der Waals surface area contributed by atoms with Crippen molar-refractivity contribution in [2.75, 3.05) is 6.54 Å². The highest BCUT2D eigenvalue weighted by molar-refractivity contribution is 7.97. The summed E-state index contributed by atoms with van der Waals surface area (Å²) in [7, 11) is 0. The van der Waals surface area contributed by atoms with E-state index in [0.29, 0.717) is 10.0 Å². The van der Waals surface area contributed by atoms with Gasteiger partial charge in [-0.2, -0.15) is 0 Å². The third-order valence-corrected chi connectivity index (χ3v) is 2.82. The number of nitrogens with one attached hydrogen (secondary N) is 1. The monoisotopic (exact) mass is 251 g/mol. The van der Waals surface area contributed by atoms with E-state index in [9.17, 15) is 4.79 Å². The topological polar surface area (TPSA) is 49.3 Å². The van der Waals surface area contributed by atoms with Crippen LogP contribution >= 0.6 is 35.1 Å². The lowest BCUT2D eigenvalue weighted by atomic mass is 10.4. The normalized spacial score (nSPS) is 10.1. The molecule has 0 aromatic heterocycles. The maximum atomic E-state index is 10.2. The maximum absolute atomic E-state index is 10.2. The molecule has 0 saturated heterocycles. The number of halogens is 2. The Morgan fingerprint density at radius 3 is 2.79 bits per heavy atom. The minimum absolute atomic E-state index is 0.121. The summed E-state index contributed by atoms with van der Waals surface area (Å²) in [6, 6.07) is 5.02. The SMILES string of the molecule is O=C(O)CNSc1ccc(Cl)cc1Cl. The summed E-state index contributed by atoms with van der Waals surface area (Å²) in [5.41, 5.74) is 0. The molecule has 1 rings (SSSR count). The standard InChI is InChI=1S/C8H7Cl2NO2S/c9-5-1-2-7(6(10)3-5)14-11-4-8(12)13/h1-3,11H,4H2,(H,12,13). The fourth-order valence-electron chi connectivity index (χ4n) is 0.734. The van der Waals surface area contributed by atoms with Crippen molar-refractivity contribution in [3.05, 3.63) is 28.2 Å². The van der Waals surface area contributed by atoms with E-state index in [-0.39, 0.29) is 6.54 Å². The van der Waals surface area contributed by atoms with Crippen LogP contribution in [0.1, 0.15) is 0 Å². The highest BCUT2D eigenvalue weighted by Gasteiger charge is 2.02. The smallest absolute Gasteiger partial charge is 0.318 e. The minimum Gasteiger partial charge on any atom is -0.480 e. The molecular weight excluding hydrogens is 245 g/mol. The molecule has 6 heteroatoms. The van der Waals surface area contributed by atoms with Crippen molar-refractivity contribution in [1.82, 2.24) is 4.72 Å². The molecular formula is C8H7Cl2NO2S. The van der Waals surface area contributed by atoms with E-state index in [1.807, 2.05) is 0 Å². The number of rotatable bonds is 4. The van der Waals surface area contributed by atoms with Gasteiger partial charge in [-0.25, -0.2) is 4.72 Å². The Hall–Kier alpha value is -0.420. The number of benzene rings is 1. The van der Waals surface area contributed by atoms with E-state index in [1.54, 1.807) is 18.2 Å². The van der Waals surface area contributed by atoms with E-state index >= 15 is 0 Å². The first-order valence-corrected chi connectivity index (χ1v) is 5.23. The molecule has 0 aliphatic carbocycles.